The summed E-state index contributed by atoms with van der Waals surface area (Å²) in [4.78, 5) is 4.56. The Morgan fingerprint density at radius 3 is 2.68 bits per heavy atom. The molecule has 0 saturated carbocycles. The number of nitrogens with zero attached hydrogens (tertiary/aromatic N) is 4. The van der Waals surface area contributed by atoms with Crippen molar-refractivity contribution in [2.45, 2.75) is 0 Å². The Morgan fingerprint density at radius 1 is 1.00 bits per heavy atom. The summed E-state index contributed by atoms with van der Waals surface area (Å²) in [6.07, 6.45) is 5.44. The van der Waals surface area contributed by atoms with Gasteiger partial charge in [0.1, 0.15) is 0 Å². The largest absolute Gasteiger partial charge is 0.253 e. The van der Waals surface area contributed by atoms with Crippen LogP contribution in [0.5, 0.6) is 0 Å². The van der Waals surface area contributed by atoms with Gasteiger partial charge in [0, 0.05) is 28.9 Å². The predicted molar refractivity (Wildman–Crippen MR) is 102 cm³/mol. The number of hydrazone groups is 1. The fraction of sp³-hybridized carbons (Fsp3) is 0. The Hall–Kier alpha value is -3.25. The smallest absolute Gasteiger partial charge is 0.203 e. The van der Waals surface area contributed by atoms with E-state index in [0.717, 1.165) is 27.6 Å². The highest BCUT2D eigenvalue weighted by atomic mass is 32.1. The molecule has 0 amide bonds. The lowest BCUT2D eigenvalue weighted by atomic mass is 10.2. The molecule has 0 radical (unpaired) electrons. The monoisotopic (exact) mass is 345 g/mol. The molecule has 0 saturated heterocycles. The van der Waals surface area contributed by atoms with Gasteiger partial charge < -0.3 is 0 Å². The Morgan fingerprint density at radius 2 is 1.84 bits per heavy atom. The van der Waals surface area contributed by atoms with E-state index in [1.54, 1.807) is 12.4 Å². The second kappa shape index (κ2) is 7.11. The van der Waals surface area contributed by atoms with Gasteiger partial charge in [-0.05, 0) is 12.1 Å². The van der Waals surface area contributed by atoms with Crippen LogP contribution in [-0.2, 0) is 0 Å². The summed E-state index contributed by atoms with van der Waals surface area (Å²) in [6, 6.07) is 20.0. The molecule has 6 heteroatoms. The summed E-state index contributed by atoms with van der Waals surface area (Å²) in [6.45, 7) is 0. The Bertz CT molecular complexity index is 974. The lowest BCUT2D eigenvalue weighted by Crippen LogP contribution is -2.00. The minimum Gasteiger partial charge on any atom is -0.253 e. The van der Waals surface area contributed by atoms with E-state index in [2.05, 4.69) is 20.6 Å². The highest BCUT2D eigenvalue weighted by Crippen LogP contribution is 2.24. The molecule has 2 aromatic carbocycles. The Labute approximate surface area is 149 Å². The molecule has 0 atom stereocenters. The van der Waals surface area contributed by atoms with Gasteiger partial charge in [0.2, 0.25) is 5.13 Å². The van der Waals surface area contributed by atoms with Gasteiger partial charge in [0.05, 0.1) is 17.6 Å². The first kappa shape index (κ1) is 15.3. The van der Waals surface area contributed by atoms with E-state index in [9.17, 15) is 0 Å². The highest BCUT2D eigenvalue weighted by molar-refractivity contribution is 7.14. The van der Waals surface area contributed by atoms with E-state index in [0.29, 0.717) is 0 Å². The Balaban J connectivity index is 1.50. The van der Waals surface area contributed by atoms with Gasteiger partial charge in [-0.2, -0.15) is 10.2 Å². The second-order valence-electron chi connectivity index (χ2n) is 5.28. The third-order valence-corrected chi connectivity index (χ3v) is 4.37. The fourth-order valence-electron chi connectivity index (χ4n) is 2.44. The normalized spacial score (nSPS) is 11.0. The van der Waals surface area contributed by atoms with Crippen molar-refractivity contribution >= 4 is 22.7 Å². The van der Waals surface area contributed by atoms with Crippen molar-refractivity contribution in [3.8, 4) is 16.9 Å². The number of anilines is 1. The first-order valence-corrected chi connectivity index (χ1v) is 8.67. The average Bonchev–Trinajstić information content (AvgIpc) is 3.35. The fourth-order valence-corrected chi connectivity index (χ4v) is 3.11. The Kier molecular flexibility index (Phi) is 4.35. The van der Waals surface area contributed by atoms with Crippen LogP contribution in [0.3, 0.4) is 0 Å². The van der Waals surface area contributed by atoms with Crippen molar-refractivity contribution in [3.63, 3.8) is 0 Å². The molecule has 4 aromatic rings. The number of benzene rings is 2. The van der Waals surface area contributed by atoms with Crippen LogP contribution < -0.4 is 5.43 Å². The molecule has 2 heterocycles. The van der Waals surface area contributed by atoms with Crippen molar-refractivity contribution in [1.82, 2.24) is 14.8 Å². The first-order chi connectivity index (χ1) is 12.4. The molecule has 5 nitrogen and oxygen atoms in total. The second-order valence-corrected chi connectivity index (χ2v) is 6.14. The SMILES string of the molecule is C(=NNc1nc(-c2ccccc2)cs1)c1ccccc1-n1cccn1. The molecule has 122 valence electrons. The molecule has 4 rings (SSSR count). The van der Waals surface area contributed by atoms with Gasteiger partial charge in [-0.25, -0.2) is 9.67 Å². The van der Waals surface area contributed by atoms with Crippen LogP contribution in [0, 0.1) is 0 Å². The number of aromatic nitrogens is 3. The standard InChI is InChI=1S/C19H15N5S/c1-2-7-15(8-3-1)17-14-25-19(22-17)23-20-13-16-9-4-5-10-18(16)24-12-6-11-21-24/h1-14H,(H,22,23). The van der Waals surface area contributed by atoms with E-state index in [4.69, 9.17) is 0 Å². The lowest BCUT2D eigenvalue weighted by molar-refractivity contribution is 0.879. The zero-order chi connectivity index (χ0) is 16.9. The summed E-state index contributed by atoms with van der Waals surface area (Å²) in [5.41, 5.74) is 6.99. The third kappa shape index (κ3) is 3.49. The van der Waals surface area contributed by atoms with Crippen molar-refractivity contribution in [1.29, 1.82) is 0 Å². The quantitative estimate of drug-likeness (QED) is 0.430. The lowest BCUT2D eigenvalue weighted by Gasteiger charge is -2.04. The summed E-state index contributed by atoms with van der Waals surface area (Å²) < 4.78 is 1.82. The molecule has 0 bridgehead atoms. The van der Waals surface area contributed by atoms with Crippen molar-refractivity contribution in [3.05, 3.63) is 84.0 Å². The molecule has 0 unspecified atom stereocenters. The van der Waals surface area contributed by atoms with Crippen molar-refractivity contribution < 1.29 is 0 Å². The summed E-state index contributed by atoms with van der Waals surface area (Å²) >= 11 is 1.53. The highest BCUT2D eigenvalue weighted by Gasteiger charge is 2.04. The van der Waals surface area contributed by atoms with Gasteiger partial charge in [-0.3, -0.25) is 5.43 Å². The maximum Gasteiger partial charge on any atom is 0.203 e. The van der Waals surface area contributed by atoms with Crippen LogP contribution >= 0.6 is 11.3 Å². The molecule has 25 heavy (non-hydrogen) atoms. The van der Waals surface area contributed by atoms with Crippen LogP contribution in [0.2, 0.25) is 0 Å². The van der Waals surface area contributed by atoms with Crippen LogP contribution in [0.15, 0.2) is 83.5 Å². The van der Waals surface area contributed by atoms with Gasteiger partial charge in [-0.1, -0.05) is 48.5 Å². The van der Waals surface area contributed by atoms with E-state index >= 15 is 0 Å². The number of hydrogen-bond donors (Lipinski definition) is 1. The first-order valence-electron chi connectivity index (χ1n) is 7.79. The molecule has 0 fully saturated rings. The summed E-state index contributed by atoms with van der Waals surface area (Å²) in [5, 5.41) is 11.4. The van der Waals surface area contributed by atoms with E-state index < -0.39 is 0 Å². The van der Waals surface area contributed by atoms with Crippen LogP contribution in [0.1, 0.15) is 5.56 Å². The topological polar surface area (TPSA) is 55.1 Å². The number of para-hydroxylation sites is 1. The maximum absolute atomic E-state index is 4.56. The van der Waals surface area contributed by atoms with Crippen LogP contribution in [0.4, 0.5) is 5.13 Å². The molecule has 0 aliphatic heterocycles. The number of thiazole rings is 1. The molecule has 0 spiro atoms. The molecular weight excluding hydrogens is 330 g/mol. The van der Waals surface area contributed by atoms with Crippen LogP contribution in [-0.4, -0.2) is 21.0 Å². The van der Waals surface area contributed by atoms with E-state index in [1.165, 1.54) is 11.3 Å². The zero-order valence-electron chi connectivity index (χ0n) is 13.3. The predicted octanol–water partition coefficient (Wildman–Crippen LogP) is 4.44. The summed E-state index contributed by atoms with van der Waals surface area (Å²) in [7, 11) is 0. The van der Waals surface area contributed by atoms with Gasteiger partial charge in [0.25, 0.3) is 0 Å². The van der Waals surface area contributed by atoms with Gasteiger partial charge in [0.15, 0.2) is 0 Å². The van der Waals surface area contributed by atoms with Gasteiger partial charge in [-0.15, -0.1) is 11.3 Å². The minimum atomic E-state index is 0.756. The van der Waals surface area contributed by atoms with Crippen molar-refractivity contribution in [2.75, 3.05) is 5.43 Å². The number of hydrogen-bond acceptors (Lipinski definition) is 5. The van der Waals surface area contributed by atoms with Gasteiger partial charge >= 0.3 is 0 Å². The number of rotatable bonds is 5. The zero-order valence-corrected chi connectivity index (χ0v) is 14.1. The average molecular weight is 345 g/mol. The third-order valence-electron chi connectivity index (χ3n) is 3.63. The van der Waals surface area contributed by atoms with E-state index in [-0.39, 0.29) is 0 Å². The minimum absolute atomic E-state index is 0.756. The van der Waals surface area contributed by atoms with Crippen molar-refractivity contribution in [2.24, 2.45) is 5.10 Å². The number of nitrogens with one attached hydrogen (secondary N) is 1. The molecule has 2 aromatic heterocycles. The maximum atomic E-state index is 4.56. The molecular formula is C19H15N5S. The van der Waals surface area contributed by atoms with Crippen LogP contribution in [0.25, 0.3) is 16.9 Å². The summed E-state index contributed by atoms with van der Waals surface area (Å²) in [5.74, 6) is 0. The van der Waals surface area contributed by atoms with E-state index in [1.807, 2.05) is 76.9 Å². The molecule has 0 aliphatic rings. The molecule has 0 aliphatic carbocycles. The molecule has 1 N–H and O–H groups in total.